The second kappa shape index (κ2) is 7.65. The van der Waals surface area contributed by atoms with Gasteiger partial charge in [-0.25, -0.2) is 4.99 Å². The fraction of sp³-hybridized carbons (Fsp3) is 0.105. The molecule has 1 heterocycles. The second-order valence-corrected chi connectivity index (χ2v) is 5.75. The number of hydrogen-bond donors (Lipinski definition) is 1. The molecule has 3 aromatic rings. The van der Waals surface area contributed by atoms with Crippen LogP contribution in [0.25, 0.3) is 0 Å². The molecule has 0 aliphatic carbocycles. The van der Waals surface area contributed by atoms with Gasteiger partial charge in [-0.05, 0) is 29.8 Å². The van der Waals surface area contributed by atoms with Crippen LogP contribution in [0.15, 0.2) is 53.5 Å². The third-order valence-electron chi connectivity index (χ3n) is 3.69. The lowest BCUT2D eigenvalue weighted by Gasteiger charge is -2.02. The third kappa shape index (κ3) is 3.87. The number of aromatic nitrogens is 2. The van der Waals surface area contributed by atoms with Gasteiger partial charge in [0.1, 0.15) is 17.4 Å². The topological polar surface area (TPSA) is 74.1 Å². The minimum Gasteiger partial charge on any atom is -0.496 e. The molecule has 5 nitrogen and oxygen atoms in total. The summed E-state index contributed by atoms with van der Waals surface area (Å²) in [5.41, 5.74) is 3.00. The van der Waals surface area contributed by atoms with Crippen molar-refractivity contribution in [1.82, 2.24) is 10.2 Å². The Hall–Kier alpha value is -3.10. The van der Waals surface area contributed by atoms with E-state index in [-0.39, 0.29) is 0 Å². The number of aliphatic imine (C=N–C) groups is 1. The summed E-state index contributed by atoms with van der Waals surface area (Å²) in [7, 11) is 1.60. The molecule has 0 aliphatic rings. The Morgan fingerprint density at radius 2 is 2.00 bits per heavy atom. The van der Waals surface area contributed by atoms with E-state index < -0.39 is 0 Å². The lowest BCUT2D eigenvalue weighted by atomic mass is 10.1. The number of rotatable bonds is 5. The lowest BCUT2D eigenvalue weighted by molar-refractivity contribution is 0.414. The molecule has 124 valence electrons. The molecule has 0 amide bonds. The highest BCUT2D eigenvalue weighted by atomic mass is 35.5. The molecule has 0 radical (unpaired) electrons. The Morgan fingerprint density at radius 3 is 2.72 bits per heavy atom. The van der Waals surface area contributed by atoms with E-state index in [0.29, 0.717) is 28.6 Å². The van der Waals surface area contributed by atoms with Crippen molar-refractivity contribution in [3.05, 3.63) is 75.9 Å². The van der Waals surface area contributed by atoms with E-state index in [1.54, 1.807) is 13.3 Å². The van der Waals surface area contributed by atoms with Crippen LogP contribution in [0, 0.1) is 11.3 Å². The predicted octanol–water partition coefficient (Wildman–Crippen LogP) is 4.28. The first-order chi connectivity index (χ1) is 12.2. The maximum absolute atomic E-state index is 9.48. The van der Waals surface area contributed by atoms with Crippen LogP contribution in [0.3, 0.4) is 0 Å². The summed E-state index contributed by atoms with van der Waals surface area (Å²) in [6, 6.07) is 17.2. The van der Waals surface area contributed by atoms with Crippen LogP contribution in [0.4, 0.5) is 5.82 Å². The van der Waals surface area contributed by atoms with Gasteiger partial charge in [0, 0.05) is 23.2 Å². The van der Waals surface area contributed by atoms with Gasteiger partial charge in [0.15, 0.2) is 5.82 Å². The first kappa shape index (κ1) is 16.7. The Balaban J connectivity index is 1.86. The summed E-state index contributed by atoms with van der Waals surface area (Å²) in [5, 5.41) is 17.2. The molecule has 0 aliphatic heterocycles. The number of hydrogen-bond acceptors (Lipinski definition) is 4. The zero-order valence-electron chi connectivity index (χ0n) is 13.5. The van der Waals surface area contributed by atoms with E-state index in [4.69, 9.17) is 16.3 Å². The van der Waals surface area contributed by atoms with Gasteiger partial charge in [-0.15, -0.1) is 0 Å². The smallest absolute Gasteiger partial charge is 0.191 e. The molecule has 0 atom stereocenters. The molecule has 0 saturated carbocycles. The van der Waals surface area contributed by atoms with E-state index in [9.17, 15) is 5.26 Å². The van der Waals surface area contributed by atoms with Gasteiger partial charge in [-0.3, -0.25) is 5.10 Å². The van der Waals surface area contributed by atoms with E-state index in [2.05, 4.69) is 21.3 Å². The first-order valence-electron chi connectivity index (χ1n) is 7.60. The van der Waals surface area contributed by atoms with Gasteiger partial charge < -0.3 is 4.74 Å². The van der Waals surface area contributed by atoms with Crippen molar-refractivity contribution < 1.29 is 4.74 Å². The van der Waals surface area contributed by atoms with Gasteiger partial charge >= 0.3 is 0 Å². The number of nitrogens with zero attached hydrogens (tertiary/aromatic N) is 3. The van der Waals surface area contributed by atoms with Gasteiger partial charge in [-0.1, -0.05) is 35.9 Å². The number of aromatic amines is 1. The van der Waals surface area contributed by atoms with Crippen LogP contribution in [0.1, 0.15) is 22.4 Å². The highest BCUT2D eigenvalue weighted by Gasteiger charge is 2.12. The number of nitrogens with one attached hydrogen (secondary N) is 1. The fourth-order valence-electron chi connectivity index (χ4n) is 2.42. The lowest BCUT2D eigenvalue weighted by Crippen LogP contribution is -1.91. The number of H-pyrrole nitrogens is 1. The second-order valence-electron chi connectivity index (χ2n) is 5.32. The molecule has 25 heavy (non-hydrogen) atoms. The van der Waals surface area contributed by atoms with Gasteiger partial charge in [0.05, 0.1) is 12.8 Å². The highest BCUT2D eigenvalue weighted by molar-refractivity contribution is 6.30. The van der Waals surface area contributed by atoms with Crippen molar-refractivity contribution in [1.29, 1.82) is 5.26 Å². The fourth-order valence-corrected chi connectivity index (χ4v) is 2.54. The molecule has 0 bridgehead atoms. The Kier molecular flexibility index (Phi) is 5.12. The number of para-hydroxylation sites is 1. The zero-order chi connectivity index (χ0) is 17.6. The number of methoxy groups -OCH3 is 1. The van der Waals surface area contributed by atoms with Crippen molar-refractivity contribution in [2.24, 2.45) is 4.99 Å². The normalized spacial score (nSPS) is 10.8. The van der Waals surface area contributed by atoms with E-state index in [1.807, 2.05) is 48.5 Å². The molecule has 6 heteroatoms. The summed E-state index contributed by atoms with van der Waals surface area (Å²) in [5.74, 6) is 1.07. The van der Waals surface area contributed by atoms with Crippen molar-refractivity contribution >= 4 is 23.6 Å². The van der Waals surface area contributed by atoms with Gasteiger partial charge in [-0.2, -0.15) is 10.4 Å². The average molecular weight is 351 g/mol. The maximum atomic E-state index is 9.48. The summed E-state index contributed by atoms with van der Waals surface area (Å²) >= 11 is 5.90. The van der Waals surface area contributed by atoms with Crippen LogP contribution in [-0.4, -0.2) is 23.5 Å². The summed E-state index contributed by atoms with van der Waals surface area (Å²) < 4.78 is 5.29. The van der Waals surface area contributed by atoms with Crippen molar-refractivity contribution in [2.75, 3.05) is 7.11 Å². The Morgan fingerprint density at radius 1 is 1.24 bits per heavy atom. The number of halogens is 1. The number of ether oxygens (including phenoxy) is 1. The standard InChI is InChI=1S/C19H15ClN4O/c1-25-18-5-3-2-4-14(18)12-22-19-16(11-21)17(23-24-19)10-13-6-8-15(20)9-7-13/h2-9,12H,10H2,1H3,(H,23,24). The zero-order valence-corrected chi connectivity index (χ0v) is 14.3. The molecular formula is C19H15ClN4O. The van der Waals surface area contributed by atoms with Gasteiger partial charge in [0.2, 0.25) is 0 Å². The van der Waals surface area contributed by atoms with Crippen molar-refractivity contribution in [3.63, 3.8) is 0 Å². The molecule has 0 fully saturated rings. The molecule has 1 aromatic heterocycles. The van der Waals surface area contributed by atoms with Crippen molar-refractivity contribution in [2.45, 2.75) is 6.42 Å². The third-order valence-corrected chi connectivity index (χ3v) is 3.94. The largest absolute Gasteiger partial charge is 0.496 e. The predicted molar refractivity (Wildman–Crippen MR) is 97.8 cm³/mol. The molecular weight excluding hydrogens is 336 g/mol. The monoisotopic (exact) mass is 350 g/mol. The molecule has 1 N–H and O–H groups in total. The Labute approximate surface area is 150 Å². The molecule has 0 unspecified atom stereocenters. The highest BCUT2D eigenvalue weighted by Crippen LogP contribution is 2.23. The first-order valence-corrected chi connectivity index (χ1v) is 7.98. The van der Waals surface area contributed by atoms with Gasteiger partial charge in [0.25, 0.3) is 0 Å². The minimum absolute atomic E-state index is 0.359. The molecule has 0 saturated heterocycles. The average Bonchev–Trinajstić information content (AvgIpc) is 3.03. The van der Waals surface area contributed by atoms with Crippen LogP contribution in [0.2, 0.25) is 5.02 Å². The quantitative estimate of drug-likeness (QED) is 0.698. The summed E-state index contributed by atoms with van der Waals surface area (Å²) in [6.45, 7) is 0. The SMILES string of the molecule is COc1ccccc1C=Nc1n[nH]c(Cc2ccc(Cl)cc2)c1C#N. The Bertz CT molecular complexity index is 939. The van der Waals surface area contributed by atoms with E-state index in [0.717, 1.165) is 16.8 Å². The van der Waals surface area contributed by atoms with E-state index in [1.165, 1.54) is 0 Å². The number of benzene rings is 2. The molecule has 0 spiro atoms. The molecule has 3 rings (SSSR count). The van der Waals surface area contributed by atoms with Crippen molar-refractivity contribution in [3.8, 4) is 11.8 Å². The summed E-state index contributed by atoms with van der Waals surface area (Å²) in [4.78, 5) is 4.34. The van der Waals surface area contributed by atoms with Crippen LogP contribution < -0.4 is 4.74 Å². The summed E-state index contributed by atoms with van der Waals surface area (Å²) in [6.07, 6.45) is 2.19. The van der Waals surface area contributed by atoms with Crippen LogP contribution >= 0.6 is 11.6 Å². The molecule has 2 aromatic carbocycles. The van der Waals surface area contributed by atoms with Crippen LogP contribution in [-0.2, 0) is 6.42 Å². The van der Waals surface area contributed by atoms with E-state index >= 15 is 0 Å². The minimum atomic E-state index is 0.359. The maximum Gasteiger partial charge on any atom is 0.191 e. The number of nitriles is 1. The van der Waals surface area contributed by atoms with Crippen LogP contribution in [0.5, 0.6) is 5.75 Å².